The largest absolute Gasteiger partial charge is 0.495 e. The van der Waals surface area contributed by atoms with Crippen LogP contribution >= 0.6 is 0 Å². The minimum Gasteiger partial charge on any atom is -0.495 e. The molecule has 0 saturated carbocycles. The molecule has 30 heavy (non-hydrogen) atoms. The van der Waals surface area contributed by atoms with Crippen LogP contribution in [-0.4, -0.2) is 43.5 Å². The number of benzene rings is 3. The van der Waals surface area contributed by atoms with Crippen molar-refractivity contribution in [3.05, 3.63) is 66.7 Å². The highest BCUT2D eigenvalue weighted by Gasteiger charge is 2.18. The Morgan fingerprint density at radius 3 is 2.43 bits per heavy atom. The van der Waals surface area contributed by atoms with Crippen molar-refractivity contribution in [2.24, 2.45) is 0 Å². The summed E-state index contributed by atoms with van der Waals surface area (Å²) in [6, 6.07) is 20.7. The smallest absolute Gasteiger partial charge is 0.260 e. The fourth-order valence-corrected chi connectivity index (χ4v) is 3.23. The molecule has 0 aliphatic carbocycles. The highest BCUT2D eigenvalue weighted by molar-refractivity contribution is 5.96. The summed E-state index contributed by atoms with van der Waals surface area (Å²) in [4.78, 5) is 26.8. The van der Waals surface area contributed by atoms with Gasteiger partial charge in [-0.05, 0) is 30.0 Å². The molecule has 3 aromatic carbocycles. The number of hydrogen-bond donors (Lipinski definition) is 1. The number of ether oxygens (including phenoxy) is 2. The van der Waals surface area contributed by atoms with Gasteiger partial charge in [0.2, 0.25) is 5.91 Å². The molecule has 2 amide bonds. The van der Waals surface area contributed by atoms with Gasteiger partial charge < -0.3 is 19.7 Å². The van der Waals surface area contributed by atoms with Crippen molar-refractivity contribution in [3.63, 3.8) is 0 Å². The van der Waals surface area contributed by atoms with E-state index < -0.39 is 0 Å². The molecule has 3 aromatic rings. The number of nitrogens with one attached hydrogen (secondary N) is 1. The third-order valence-electron chi connectivity index (χ3n) is 4.66. The molecule has 6 heteroatoms. The fourth-order valence-electron chi connectivity index (χ4n) is 3.23. The van der Waals surface area contributed by atoms with Crippen LogP contribution in [0.4, 0.5) is 5.69 Å². The molecule has 0 radical (unpaired) electrons. The van der Waals surface area contributed by atoms with Gasteiger partial charge >= 0.3 is 0 Å². The van der Waals surface area contributed by atoms with E-state index in [4.69, 9.17) is 9.47 Å². The molecule has 0 heterocycles. The van der Waals surface area contributed by atoms with E-state index in [1.807, 2.05) is 61.5 Å². The molecule has 0 aliphatic heterocycles. The first kappa shape index (κ1) is 21.2. The van der Waals surface area contributed by atoms with Gasteiger partial charge in [-0.3, -0.25) is 9.59 Å². The standard InChI is InChI=1S/C24H26N2O4/c1-3-15-26(16-23(27)25-20-12-6-7-13-22(20)29-2)24(28)17-30-21-14-8-10-18-9-4-5-11-19(18)21/h4-14H,3,15-17H2,1-2H3,(H,25,27). The van der Waals surface area contributed by atoms with Crippen LogP contribution < -0.4 is 14.8 Å². The average molecular weight is 406 g/mol. The van der Waals surface area contributed by atoms with E-state index in [9.17, 15) is 9.59 Å². The second kappa shape index (κ2) is 10.3. The Balaban J connectivity index is 1.63. The minimum atomic E-state index is -0.286. The molecule has 0 fully saturated rings. The van der Waals surface area contributed by atoms with Crippen LogP contribution in [0.15, 0.2) is 66.7 Å². The lowest BCUT2D eigenvalue weighted by molar-refractivity contribution is -0.136. The second-order valence-corrected chi connectivity index (χ2v) is 6.83. The first-order valence-electron chi connectivity index (χ1n) is 9.93. The maximum Gasteiger partial charge on any atom is 0.260 e. The van der Waals surface area contributed by atoms with Crippen molar-refractivity contribution in [3.8, 4) is 11.5 Å². The molecule has 0 spiro atoms. The molecule has 0 bridgehead atoms. The van der Waals surface area contributed by atoms with Crippen molar-refractivity contribution in [2.75, 3.05) is 32.1 Å². The maximum absolute atomic E-state index is 12.7. The summed E-state index contributed by atoms with van der Waals surface area (Å²) in [7, 11) is 1.54. The van der Waals surface area contributed by atoms with Crippen molar-refractivity contribution < 1.29 is 19.1 Å². The Bertz CT molecular complexity index is 1010. The molecule has 0 saturated heterocycles. The van der Waals surface area contributed by atoms with Gasteiger partial charge in [-0.15, -0.1) is 0 Å². The van der Waals surface area contributed by atoms with Crippen LogP contribution in [0.3, 0.4) is 0 Å². The minimum absolute atomic E-state index is 0.0520. The number of amides is 2. The highest BCUT2D eigenvalue weighted by atomic mass is 16.5. The van der Waals surface area contributed by atoms with Crippen LogP contribution in [0, 0.1) is 0 Å². The zero-order valence-electron chi connectivity index (χ0n) is 17.3. The van der Waals surface area contributed by atoms with E-state index in [0.29, 0.717) is 23.7 Å². The molecule has 156 valence electrons. The molecular formula is C24H26N2O4. The van der Waals surface area contributed by atoms with E-state index in [1.54, 1.807) is 19.2 Å². The first-order valence-corrected chi connectivity index (χ1v) is 9.93. The van der Waals surface area contributed by atoms with E-state index >= 15 is 0 Å². The number of hydrogen-bond acceptors (Lipinski definition) is 4. The summed E-state index contributed by atoms with van der Waals surface area (Å²) in [5.74, 6) is 0.696. The van der Waals surface area contributed by atoms with Crippen molar-refractivity contribution in [1.29, 1.82) is 0 Å². The SMILES string of the molecule is CCCN(CC(=O)Nc1ccccc1OC)C(=O)COc1cccc2ccccc12. The molecule has 3 rings (SSSR count). The van der Waals surface area contributed by atoms with Gasteiger partial charge in [0.15, 0.2) is 6.61 Å². The predicted octanol–water partition coefficient (Wildman–Crippen LogP) is 4.10. The van der Waals surface area contributed by atoms with E-state index in [2.05, 4.69) is 5.32 Å². The van der Waals surface area contributed by atoms with Gasteiger partial charge in [-0.1, -0.05) is 55.5 Å². The number of carbonyl (C=O) groups is 2. The Kier molecular flexibility index (Phi) is 7.27. The molecule has 1 N–H and O–H groups in total. The lowest BCUT2D eigenvalue weighted by Gasteiger charge is -2.22. The van der Waals surface area contributed by atoms with Gasteiger partial charge in [-0.25, -0.2) is 0 Å². The molecule has 6 nitrogen and oxygen atoms in total. The zero-order valence-corrected chi connectivity index (χ0v) is 17.3. The van der Waals surface area contributed by atoms with Gasteiger partial charge in [0.05, 0.1) is 19.3 Å². The number of para-hydroxylation sites is 2. The summed E-state index contributed by atoms with van der Waals surface area (Å²) < 4.78 is 11.1. The quantitative estimate of drug-likeness (QED) is 0.581. The van der Waals surface area contributed by atoms with E-state index in [-0.39, 0.29) is 25.0 Å². The normalized spacial score (nSPS) is 10.5. The maximum atomic E-state index is 12.7. The Hall–Kier alpha value is -3.54. The van der Waals surface area contributed by atoms with Crippen molar-refractivity contribution in [2.45, 2.75) is 13.3 Å². The van der Waals surface area contributed by atoms with Crippen LogP contribution in [0.25, 0.3) is 10.8 Å². The summed E-state index contributed by atoms with van der Waals surface area (Å²) in [5, 5.41) is 4.80. The second-order valence-electron chi connectivity index (χ2n) is 6.83. The number of carbonyl (C=O) groups excluding carboxylic acids is 2. The highest BCUT2D eigenvalue weighted by Crippen LogP contribution is 2.25. The van der Waals surface area contributed by atoms with Crippen LogP contribution in [0.5, 0.6) is 11.5 Å². The number of nitrogens with zero attached hydrogens (tertiary/aromatic N) is 1. The van der Waals surface area contributed by atoms with E-state index in [0.717, 1.165) is 17.2 Å². The van der Waals surface area contributed by atoms with Crippen LogP contribution in [0.2, 0.25) is 0 Å². The number of rotatable bonds is 9. The Morgan fingerprint density at radius 2 is 1.63 bits per heavy atom. The molecular weight excluding hydrogens is 380 g/mol. The molecule has 0 aromatic heterocycles. The molecule has 0 atom stereocenters. The van der Waals surface area contributed by atoms with Gasteiger partial charge in [0.1, 0.15) is 11.5 Å². The van der Waals surface area contributed by atoms with Crippen LogP contribution in [-0.2, 0) is 9.59 Å². The van der Waals surface area contributed by atoms with Crippen molar-refractivity contribution in [1.82, 2.24) is 4.90 Å². The third-order valence-corrected chi connectivity index (χ3v) is 4.66. The zero-order chi connectivity index (χ0) is 21.3. The third kappa shape index (κ3) is 5.29. The summed E-state index contributed by atoms with van der Waals surface area (Å²) >= 11 is 0. The fraction of sp³-hybridized carbons (Fsp3) is 0.250. The number of fused-ring (bicyclic) bond motifs is 1. The lowest BCUT2D eigenvalue weighted by atomic mass is 10.1. The predicted molar refractivity (Wildman–Crippen MR) is 118 cm³/mol. The molecule has 0 unspecified atom stereocenters. The van der Waals surface area contributed by atoms with Crippen molar-refractivity contribution >= 4 is 28.3 Å². The first-order chi connectivity index (χ1) is 14.6. The van der Waals surface area contributed by atoms with Gasteiger partial charge in [-0.2, -0.15) is 0 Å². The summed E-state index contributed by atoms with van der Waals surface area (Å²) in [5.41, 5.74) is 0.570. The monoisotopic (exact) mass is 406 g/mol. The lowest BCUT2D eigenvalue weighted by Crippen LogP contribution is -2.41. The number of methoxy groups -OCH3 is 1. The number of anilines is 1. The average Bonchev–Trinajstić information content (AvgIpc) is 2.77. The van der Waals surface area contributed by atoms with Crippen LogP contribution in [0.1, 0.15) is 13.3 Å². The Labute approximate surface area is 176 Å². The summed E-state index contributed by atoms with van der Waals surface area (Å²) in [6.45, 7) is 2.25. The van der Waals surface area contributed by atoms with Gasteiger partial charge in [0.25, 0.3) is 5.91 Å². The summed E-state index contributed by atoms with van der Waals surface area (Å²) in [6.07, 6.45) is 0.738. The topological polar surface area (TPSA) is 67.9 Å². The van der Waals surface area contributed by atoms with Gasteiger partial charge in [0, 0.05) is 11.9 Å². The molecule has 0 aliphatic rings. The van der Waals surface area contributed by atoms with E-state index in [1.165, 1.54) is 4.90 Å². The Morgan fingerprint density at radius 1 is 0.933 bits per heavy atom.